The van der Waals surface area contributed by atoms with Gasteiger partial charge in [-0.1, -0.05) is 36.4 Å². The van der Waals surface area contributed by atoms with Crippen LogP contribution >= 0.6 is 0 Å². The SMILES string of the molecule is CN(C(=O)C=Cc1ccccc1O)[C@@H](Cc1c[nH]c2ccccc12)C(=O)O. The Morgan fingerprint density at radius 2 is 1.85 bits per heavy atom. The molecule has 0 aliphatic heterocycles. The smallest absolute Gasteiger partial charge is 0.326 e. The quantitative estimate of drug-likeness (QED) is 0.586. The van der Waals surface area contributed by atoms with Crippen LogP contribution in [0.15, 0.2) is 60.8 Å². The number of likely N-dealkylation sites (N-methyl/N-ethyl adjacent to an activating group) is 1. The molecule has 0 unspecified atom stereocenters. The summed E-state index contributed by atoms with van der Waals surface area (Å²) in [6.45, 7) is 0. The normalized spacial score (nSPS) is 12.3. The van der Waals surface area contributed by atoms with Gasteiger partial charge in [-0.2, -0.15) is 0 Å². The third-order valence-electron chi connectivity index (χ3n) is 4.53. The number of para-hydroxylation sites is 2. The van der Waals surface area contributed by atoms with E-state index in [-0.39, 0.29) is 12.2 Å². The zero-order chi connectivity index (χ0) is 19.4. The van der Waals surface area contributed by atoms with Crippen molar-refractivity contribution in [1.29, 1.82) is 0 Å². The molecule has 0 saturated heterocycles. The number of carbonyl (C=O) groups excluding carboxylic acids is 1. The van der Waals surface area contributed by atoms with E-state index in [1.54, 1.807) is 24.4 Å². The monoisotopic (exact) mass is 364 g/mol. The van der Waals surface area contributed by atoms with Gasteiger partial charge in [-0.25, -0.2) is 4.79 Å². The number of phenols is 1. The predicted octanol–water partition coefficient (Wildman–Crippen LogP) is 3.04. The van der Waals surface area contributed by atoms with Crippen LogP contribution in [-0.4, -0.2) is 45.1 Å². The minimum absolute atomic E-state index is 0.0535. The van der Waals surface area contributed by atoms with Crippen LogP contribution in [0.5, 0.6) is 5.75 Å². The van der Waals surface area contributed by atoms with Gasteiger partial charge in [0.2, 0.25) is 5.91 Å². The predicted molar refractivity (Wildman–Crippen MR) is 103 cm³/mol. The number of carboxylic acid groups (broad SMARTS) is 1. The molecule has 6 nitrogen and oxygen atoms in total. The highest BCUT2D eigenvalue weighted by molar-refractivity contribution is 5.95. The molecular formula is C21H20N2O4. The lowest BCUT2D eigenvalue weighted by Gasteiger charge is -2.23. The Morgan fingerprint density at radius 1 is 1.15 bits per heavy atom. The van der Waals surface area contributed by atoms with Gasteiger partial charge in [0.15, 0.2) is 0 Å². The second kappa shape index (κ2) is 7.78. The average Bonchev–Trinajstić information content (AvgIpc) is 3.07. The van der Waals surface area contributed by atoms with Crippen molar-refractivity contribution in [2.24, 2.45) is 0 Å². The second-order valence-corrected chi connectivity index (χ2v) is 6.26. The number of benzene rings is 2. The summed E-state index contributed by atoms with van der Waals surface area (Å²) < 4.78 is 0. The summed E-state index contributed by atoms with van der Waals surface area (Å²) in [6, 6.07) is 13.2. The number of carbonyl (C=O) groups is 2. The number of hydrogen-bond donors (Lipinski definition) is 3. The number of aromatic nitrogens is 1. The van der Waals surface area contributed by atoms with E-state index in [0.717, 1.165) is 16.5 Å². The highest BCUT2D eigenvalue weighted by atomic mass is 16.4. The van der Waals surface area contributed by atoms with E-state index in [4.69, 9.17) is 0 Å². The maximum Gasteiger partial charge on any atom is 0.326 e. The molecule has 0 aliphatic rings. The molecule has 6 heteroatoms. The van der Waals surface area contributed by atoms with Crippen LogP contribution in [0.4, 0.5) is 0 Å². The summed E-state index contributed by atoms with van der Waals surface area (Å²) in [5.74, 6) is -1.48. The highest BCUT2D eigenvalue weighted by Gasteiger charge is 2.26. The van der Waals surface area contributed by atoms with E-state index in [2.05, 4.69) is 4.98 Å². The number of amides is 1. The van der Waals surface area contributed by atoms with Crippen molar-refractivity contribution < 1.29 is 19.8 Å². The molecule has 0 aliphatic carbocycles. The molecule has 3 aromatic rings. The van der Waals surface area contributed by atoms with Crippen molar-refractivity contribution in [3.8, 4) is 5.75 Å². The first-order chi connectivity index (χ1) is 13.0. The Hall–Kier alpha value is -3.54. The minimum atomic E-state index is -1.08. The number of rotatable bonds is 6. The molecule has 0 fully saturated rings. The molecule has 27 heavy (non-hydrogen) atoms. The molecule has 0 radical (unpaired) electrons. The zero-order valence-corrected chi connectivity index (χ0v) is 14.8. The first kappa shape index (κ1) is 18.3. The summed E-state index contributed by atoms with van der Waals surface area (Å²) >= 11 is 0. The van der Waals surface area contributed by atoms with Crippen molar-refractivity contribution in [2.75, 3.05) is 7.05 Å². The van der Waals surface area contributed by atoms with Crippen LogP contribution in [0.2, 0.25) is 0 Å². The molecule has 0 spiro atoms. The Balaban J connectivity index is 1.79. The number of nitrogens with one attached hydrogen (secondary N) is 1. The Bertz CT molecular complexity index is 1010. The van der Waals surface area contributed by atoms with Crippen LogP contribution in [0.25, 0.3) is 17.0 Å². The van der Waals surface area contributed by atoms with E-state index in [1.807, 2.05) is 24.3 Å². The van der Waals surface area contributed by atoms with E-state index >= 15 is 0 Å². The van der Waals surface area contributed by atoms with E-state index in [1.165, 1.54) is 30.2 Å². The molecule has 0 bridgehead atoms. The number of aromatic amines is 1. The van der Waals surface area contributed by atoms with Gasteiger partial charge in [-0.15, -0.1) is 0 Å². The van der Waals surface area contributed by atoms with Crippen LogP contribution in [0, 0.1) is 0 Å². The minimum Gasteiger partial charge on any atom is -0.507 e. The number of carboxylic acids is 1. The number of H-pyrrole nitrogens is 1. The molecule has 3 N–H and O–H groups in total. The molecule has 1 atom stereocenters. The average molecular weight is 364 g/mol. The molecular weight excluding hydrogens is 344 g/mol. The lowest BCUT2D eigenvalue weighted by molar-refractivity contribution is -0.147. The van der Waals surface area contributed by atoms with E-state index in [9.17, 15) is 19.8 Å². The number of nitrogens with zero attached hydrogens (tertiary/aromatic N) is 1. The summed E-state index contributed by atoms with van der Waals surface area (Å²) in [5, 5.41) is 20.3. The third kappa shape index (κ3) is 4.00. The fraction of sp³-hybridized carbons (Fsp3) is 0.143. The maximum atomic E-state index is 12.5. The third-order valence-corrected chi connectivity index (χ3v) is 4.53. The maximum absolute atomic E-state index is 12.5. The first-order valence-electron chi connectivity index (χ1n) is 8.48. The topological polar surface area (TPSA) is 93.6 Å². The van der Waals surface area contributed by atoms with E-state index in [0.29, 0.717) is 5.56 Å². The Kier molecular flexibility index (Phi) is 5.26. The van der Waals surface area contributed by atoms with Gasteiger partial charge in [0.05, 0.1) is 0 Å². The van der Waals surface area contributed by atoms with Crippen LogP contribution in [0.1, 0.15) is 11.1 Å². The summed E-state index contributed by atoms with van der Waals surface area (Å²) in [5.41, 5.74) is 2.25. The van der Waals surface area contributed by atoms with Crippen molar-refractivity contribution in [3.05, 3.63) is 71.9 Å². The van der Waals surface area contributed by atoms with E-state index < -0.39 is 17.9 Å². The number of hydrogen-bond acceptors (Lipinski definition) is 3. The van der Waals surface area contributed by atoms with Crippen LogP contribution < -0.4 is 0 Å². The van der Waals surface area contributed by atoms with Crippen molar-refractivity contribution in [3.63, 3.8) is 0 Å². The van der Waals surface area contributed by atoms with Gasteiger partial charge in [0.1, 0.15) is 11.8 Å². The molecule has 0 saturated carbocycles. The van der Waals surface area contributed by atoms with Gasteiger partial charge < -0.3 is 20.1 Å². The lowest BCUT2D eigenvalue weighted by Crippen LogP contribution is -2.43. The molecule has 1 heterocycles. The summed E-state index contributed by atoms with van der Waals surface area (Å²) in [4.78, 5) is 28.5. The van der Waals surface area contributed by atoms with Gasteiger partial charge >= 0.3 is 5.97 Å². The molecule has 3 rings (SSSR count). The van der Waals surface area contributed by atoms with Gasteiger partial charge in [0.25, 0.3) is 0 Å². The highest BCUT2D eigenvalue weighted by Crippen LogP contribution is 2.21. The summed E-state index contributed by atoms with van der Waals surface area (Å²) in [7, 11) is 1.46. The lowest BCUT2D eigenvalue weighted by atomic mass is 10.0. The van der Waals surface area contributed by atoms with Gasteiger partial charge in [-0.05, 0) is 23.8 Å². The number of aromatic hydroxyl groups is 1. The van der Waals surface area contributed by atoms with Gasteiger partial charge in [0, 0.05) is 42.2 Å². The fourth-order valence-corrected chi connectivity index (χ4v) is 2.96. The summed E-state index contributed by atoms with van der Waals surface area (Å²) in [6.07, 6.45) is 4.70. The van der Waals surface area contributed by atoms with Crippen molar-refractivity contribution >= 4 is 28.9 Å². The van der Waals surface area contributed by atoms with Crippen molar-refractivity contribution in [2.45, 2.75) is 12.5 Å². The number of fused-ring (bicyclic) bond motifs is 1. The Morgan fingerprint density at radius 3 is 2.59 bits per heavy atom. The van der Waals surface area contributed by atoms with Crippen LogP contribution in [0.3, 0.4) is 0 Å². The molecule has 1 aromatic heterocycles. The van der Waals surface area contributed by atoms with Gasteiger partial charge in [-0.3, -0.25) is 4.79 Å². The van der Waals surface area contributed by atoms with Crippen molar-refractivity contribution in [1.82, 2.24) is 9.88 Å². The molecule has 2 aromatic carbocycles. The van der Waals surface area contributed by atoms with Crippen LogP contribution in [-0.2, 0) is 16.0 Å². The second-order valence-electron chi connectivity index (χ2n) is 6.26. The standard InChI is InChI=1S/C21H20N2O4/c1-23(20(25)11-10-14-6-2-5-9-19(14)24)18(21(26)27)12-15-13-22-17-8-4-3-7-16(15)17/h2-11,13,18,22,24H,12H2,1H3,(H,26,27)/t18-/m0/s1. The zero-order valence-electron chi connectivity index (χ0n) is 14.8. The molecule has 1 amide bonds. The number of phenolic OH excluding ortho intramolecular Hbond substituents is 1. The molecule has 138 valence electrons. The first-order valence-corrected chi connectivity index (χ1v) is 8.48. The Labute approximate surface area is 156 Å². The largest absolute Gasteiger partial charge is 0.507 e. The number of aliphatic carboxylic acids is 1. The fourth-order valence-electron chi connectivity index (χ4n) is 2.96.